The van der Waals surface area contributed by atoms with E-state index in [9.17, 15) is 0 Å². The number of nitrogens with zero attached hydrogens (tertiary/aromatic N) is 1. The molecule has 0 unspecified atom stereocenters. The van der Waals surface area contributed by atoms with Crippen LogP contribution < -0.4 is 10.5 Å². The van der Waals surface area contributed by atoms with Crippen molar-refractivity contribution in [1.29, 1.82) is 0 Å². The van der Waals surface area contributed by atoms with E-state index in [2.05, 4.69) is 12.1 Å². The minimum Gasteiger partial charge on any atom is -0.496 e. The van der Waals surface area contributed by atoms with Crippen molar-refractivity contribution in [2.75, 3.05) is 13.7 Å². The van der Waals surface area contributed by atoms with Gasteiger partial charge in [0.15, 0.2) is 5.84 Å². The summed E-state index contributed by atoms with van der Waals surface area (Å²) >= 11 is 0. The Bertz CT molecular complexity index is 419. The molecule has 0 aliphatic carbocycles. The third-order valence-electron chi connectivity index (χ3n) is 2.81. The van der Waals surface area contributed by atoms with Crippen molar-refractivity contribution in [2.45, 2.75) is 32.8 Å². The molecule has 0 bridgehead atoms. The van der Waals surface area contributed by atoms with Crippen molar-refractivity contribution in [3.8, 4) is 5.75 Å². The highest BCUT2D eigenvalue weighted by Gasteiger charge is 2.08. The van der Waals surface area contributed by atoms with Crippen molar-refractivity contribution < 1.29 is 14.7 Å². The number of benzene rings is 1. The predicted molar refractivity (Wildman–Crippen MR) is 74.7 cm³/mol. The van der Waals surface area contributed by atoms with Gasteiger partial charge in [0.25, 0.3) is 0 Å². The number of nitrogens with two attached hydrogens (primary N) is 1. The number of hydrogen-bond donors (Lipinski definition) is 2. The highest BCUT2D eigenvalue weighted by Crippen LogP contribution is 2.20. The lowest BCUT2D eigenvalue weighted by Crippen LogP contribution is -2.14. The van der Waals surface area contributed by atoms with Crippen LogP contribution in [-0.2, 0) is 11.3 Å². The van der Waals surface area contributed by atoms with Crippen molar-refractivity contribution >= 4 is 5.84 Å². The molecule has 0 spiro atoms. The van der Waals surface area contributed by atoms with Gasteiger partial charge in [-0.1, -0.05) is 31.0 Å². The van der Waals surface area contributed by atoms with Gasteiger partial charge >= 0.3 is 0 Å². The Morgan fingerprint density at radius 1 is 1.37 bits per heavy atom. The fraction of sp³-hybridized carbons (Fsp3) is 0.500. The first-order chi connectivity index (χ1) is 9.22. The quantitative estimate of drug-likeness (QED) is 0.249. The molecule has 1 rings (SSSR count). The van der Waals surface area contributed by atoms with Crippen molar-refractivity contribution in [1.82, 2.24) is 0 Å². The topological polar surface area (TPSA) is 77.1 Å². The third kappa shape index (κ3) is 4.79. The van der Waals surface area contributed by atoms with E-state index in [1.54, 1.807) is 13.2 Å². The molecule has 5 nitrogen and oxygen atoms in total. The van der Waals surface area contributed by atoms with Crippen LogP contribution in [0.3, 0.4) is 0 Å². The van der Waals surface area contributed by atoms with Crippen molar-refractivity contribution in [3.63, 3.8) is 0 Å². The van der Waals surface area contributed by atoms with Crippen LogP contribution in [0.5, 0.6) is 5.75 Å². The molecule has 0 aromatic heterocycles. The number of hydrogen-bond acceptors (Lipinski definition) is 4. The monoisotopic (exact) mass is 266 g/mol. The predicted octanol–water partition coefficient (Wildman–Crippen LogP) is 2.50. The molecule has 5 heteroatoms. The molecule has 0 atom stereocenters. The number of methoxy groups -OCH3 is 1. The largest absolute Gasteiger partial charge is 0.496 e. The van der Waals surface area contributed by atoms with Crippen molar-refractivity contribution in [2.24, 2.45) is 10.9 Å². The molecule has 1 aromatic rings. The molecule has 0 aliphatic heterocycles. The van der Waals surface area contributed by atoms with Gasteiger partial charge in [-0.25, -0.2) is 0 Å². The Labute approximate surface area is 114 Å². The molecule has 1 aromatic carbocycles. The Morgan fingerprint density at radius 3 is 2.79 bits per heavy atom. The lowest BCUT2D eigenvalue weighted by atomic mass is 10.1. The van der Waals surface area contributed by atoms with Crippen molar-refractivity contribution in [3.05, 3.63) is 29.3 Å². The normalized spacial score (nSPS) is 11.6. The summed E-state index contributed by atoms with van der Waals surface area (Å²) in [5.74, 6) is 0.609. The lowest BCUT2D eigenvalue weighted by molar-refractivity contribution is 0.117. The number of rotatable bonds is 8. The van der Waals surface area contributed by atoms with E-state index in [1.807, 2.05) is 12.1 Å². The fourth-order valence-corrected chi connectivity index (χ4v) is 1.74. The number of oxime groups is 1. The van der Waals surface area contributed by atoms with Gasteiger partial charge in [-0.2, -0.15) is 0 Å². The van der Waals surface area contributed by atoms with E-state index in [0.717, 1.165) is 18.6 Å². The minimum absolute atomic E-state index is 0.0345. The van der Waals surface area contributed by atoms with Crippen LogP contribution in [0.25, 0.3) is 0 Å². The zero-order valence-corrected chi connectivity index (χ0v) is 11.6. The van der Waals surface area contributed by atoms with Crippen LogP contribution in [0.1, 0.15) is 37.3 Å². The van der Waals surface area contributed by atoms with Crippen LogP contribution in [0, 0.1) is 0 Å². The maximum atomic E-state index is 8.68. The molecule has 0 radical (unpaired) electrons. The molecule has 106 valence electrons. The second kappa shape index (κ2) is 8.37. The summed E-state index contributed by atoms with van der Waals surface area (Å²) in [7, 11) is 1.55. The van der Waals surface area contributed by atoms with E-state index in [1.165, 1.54) is 12.8 Å². The average molecular weight is 266 g/mol. The Morgan fingerprint density at radius 2 is 2.16 bits per heavy atom. The van der Waals surface area contributed by atoms with Crippen LogP contribution in [0.15, 0.2) is 23.4 Å². The molecule has 0 saturated carbocycles. The zero-order chi connectivity index (χ0) is 14.1. The molecule has 3 N–H and O–H groups in total. The van der Waals surface area contributed by atoms with E-state index < -0.39 is 0 Å². The molecule has 0 heterocycles. The summed E-state index contributed by atoms with van der Waals surface area (Å²) < 4.78 is 10.8. The second-order valence-electron chi connectivity index (χ2n) is 4.28. The zero-order valence-electron chi connectivity index (χ0n) is 11.6. The Hall–Kier alpha value is -1.75. The molecule has 19 heavy (non-hydrogen) atoms. The highest BCUT2D eigenvalue weighted by molar-refractivity contribution is 5.99. The molecular weight excluding hydrogens is 244 g/mol. The van der Waals surface area contributed by atoms with Gasteiger partial charge in [-0.3, -0.25) is 0 Å². The van der Waals surface area contributed by atoms with E-state index in [-0.39, 0.29) is 5.84 Å². The standard InChI is InChI=1S/C14H22N2O3/c1-3-4-5-8-19-10-11-6-7-12(14(15)16-17)13(9-11)18-2/h6-7,9,17H,3-5,8,10H2,1-2H3,(H2,15,16). The van der Waals surface area contributed by atoms with Crippen LogP contribution in [0.2, 0.25) is 0 Å². The minimum atomic E-state index is 0.0345. The summed E-state index contributed by atoms with van der Waals surface area (Å²) in [6, 6.07) is 5.49. The maximum absolute atomic E-state index is 8.68. The van der Waals surface area contributed by atoms with Gasteiger partial charge in [0.05, 0.1) is 19.3 Å². The second-order valence-corrected chi connectivity index (χ2v) is 4.28. The van der Waals surface area contributed by atoms with E-state index >= 15 is 0 Å². The van der Waals surface area contributed by atoms with Gasteiger partial charge in [0.2, 0.25) is 0 Å². The first-order valence-corrected chi connectivity index (χ1v) is 6.45. The van der Waals surface area contributed by atoms with Crippen LogP contribution >= 0.6 is 0 Å². The van der Waals surface area contributed by atoms with Gasteiger partial charge < -0.3 is 20.4 Å². The molecule has 0 aliphatic rings. The highest BCUT2D eigenvalue weighted by atomic mass is 16.5. The Kier molecular flexibility index (Phi) is 6.74. The van der Waals surface area contributed by atoms with Crippen LogP contribution in [-0.4, -0.2) is 24.8 Å². The van der Waals surface area contributed by atoms with E-state index in [0.29, 0.717) is 17.9 Å². The summed E-state index contributed by atoms with van der Waals surface area (Å²) in [6.07, 6.45) is 3.45. The lowest BCUT2D eigenvalue weighted by Gasteiger charge is -2.10. The molecule has 0 fully saturated rings. The van der Waals surface area contributed by atoms with Gasteiger partial charge in [-0.15, -0.1) is 0 Å². The van der Waals surface area contributed by atoms with Gasteiger partial charge in [0, 0.05) is 6.61 Å². The molecular formula is C14H22N2O3. The smallest absolute Gasteiger partial charge is 0.173 e. The summed E-state index contributed by atoms with van der Waals surface area (Å²) in [6.45, 7) is 3.46. The van der Waals surface area contributed by atoms with Crippen LogP contribution in [0.4, 0.5) is 0 Å². The van der Waals surface area contributed by atoms with E-state index in [4.69, 9.17) is 20.4 Å². The third-order valence-corrected chi connectivity index (χ3v) is 2.81. The first-order valence-electron chi connectivity index (χ1n) is 6.45. The molecule has 0 amide bonds. The molecule has 0 saturated heterocycles. The SMILES string of the molecule is CCCCCOCc1ccc(/C(N)=N/O)c(OC)c1. The number of amidine groups is 1. The Balaban J connectivity index is 2.62. The van der Waals surface area contributed by atoms with Gasteiger partial charge in [0.1, 0.15) is 5.75 Å². The van der Waals surface area contributed by atoms with Gasteiger partial charge in [-0.05, 0) is 24.1 Å². The number of unbranched alkanes of at least 4 members (excludes halogenated alkanes) is 2. The maximum Gasteiger partial charge on any atom is 0.173 e. The summed E-state index contributed by atoms with van der Waals surface area (Å²) in [5, 5.41) is 11.7. The first kappa shape index (κ1) is 15.3. The summed E-state index contributed by atoms with van der Waals surface area (Å²) in [5.41, 5.74) is 7.14. The fourth-order valence-electron chi connectivity index (χ4n) is 1.74. The number of ether oxygens (including phenoxy) is 2. The summed E-state index contributed by atoms with van der Waals surface area (Å²) in [4.78, 5) is 0. The average Bonchev–Trinajstić information content (AvgIpc) is 2.46.